The lowest BCUT2D eigenvalue weighted by Crippen LogP contribution is -2.37. The zero-order chi connectivity index (χ0) is 17.9. The average molecular weight is 334 g/mol. The number of carbonyl (C=O) groups excluding carboxylic acids is 2. The van der Waals surface area contributed by atoms with Crippen molar-refractivity contribution in [3.05, 3.63) is 36.4 Å². The molecule has 0 bridgehead atoms. The van der Waals surface area contributed by atoms with Crippen molar-refractivity contribution >= 4 is 11.8 Å². The van der Waals surface area contributed by atoms with Crippen LogP contribution in [0, 0.1) is 0 Å². The molecular weight excluding hydrogens is 308 g/mol. The molecule has 1 aromatic rings. The zero-order valence-corrected chi connectivity index (χ0v) is 14.6. The summed E-state index contributed by atoms with van der Waals surface area (Å²) < 4.78 is 10.4. The fourth-order valence-electron chi connectivity index (χ4n) is 2.25. The Labute approximate surface area is 143 Å². The molecule has 0 saturated carbocycles. The lowest BCUT2D eigenvalue weighted by atomic mass is 10.1. The second-order valence-electron chi connectivity index (χ2n) is 5.29. The number of benzene rings is 1. The Morgan fingerprint density at radius 1 is 1.25 bits per heavy atom. The van der Waals surface area contributed by atoms with Gasteiger partial charge in [0.15, 0.2) is 11.5 Å². The van der Waals surface area contributed by atoms with Crippen molar-refractivity contribution < 1.29 is 19.1 Å². The quantitative estimate of drug-likeness (QED) is 0.663. The van der Waals surface area contributed by atoms with Gasteiger partial charge < -0.3 is 19.7 Å². The minimum Gasteiger partial charge on any atom is -0.493 e. The molecule has 24 heavy (non-hydrogen) atoms. The number of methoxy groups -OCH3 is 2. The molecule has 0 fully saturated rings. The summed E-state index contributed by atoms with van der Waals surface area (Å²) in [4.78, 5) is 24.9. The van der Waals surface area contributed by atoms with Gasteiger partial charge in [0.05, 0.1) is 14.2 Å². The van der Waals surface area contributed by atoms with E-state index in [1.807, 2.05) is 18.2 Å². The Kier molecular flexibility index (Phi) is 8.39. The van der Waals surface area contributed by atoms with Crippen LogP contribution in [0.15, 0.2) is 30.9 Å². The average Bonchev–Trinajstić information content (AvgIpc) is 2.58. The van der Waals surface area contributed by atoms with E-state index in [0.717, 1.165) is 5.56 Å². The van der Waals surface area contributed by atoms with Crippen LogP contribution in [0.4, 0.5) is 0 Å². The molecule has 0 heterocycles. The van der Waals surface area contributed by atoms with E-state index in [1.54, 1.807) is 25.2 Å². The van der Waals surface area contributed by atoms with E-state index in [1.165, 1.54) is 6.92 Å². The Morgan fingerprint density at radius 2 is 1.96 bits per heavy atom. The minimum absolute atomic E-state index is 0.0329. The SMILES string of the molecule is C=CCN(CCNC(=O)CCc1ccc(OC)c(OC)c1)C(C)=O. The van der Waals surface area contributed by atoms with E-state index in [-0.39, 0.29) is 11.8 Å². The summed E-state index contributed by atoms with van der Waals surface area (Å²) in [6.45, 7) is 6.50. The van der Waals surface area contributed by atoms with Gasteiger partial charge in [0, 0.05) is 33.0 Å². The Morgan fingerprint density at radius 3 is 2.54 bits per heavy atom. The van der Waals surface area contributed by atoms with Crippen LogP contribution in [0.5, 0.6) is 11.5 Å². The summed E-state index contributed by atoms with van der Waals surface area (Å²) in [6.07, 6.45) is 2.65. The number of hydrogen-bond acceptors (Lipinski definition) is 4. The van der Waals surface area contributed by atoms with Gasteiger partial charge in [-0.05, 0) is 24.1 Å². The first-order valence-corrected chi connectivity index (χ1v) is 7.85. The van der Waals surface area contributed by atoms with Gasteiger partial charge in [-0.15, -0.1) is 6.58 Å². The smallest absolute Gasteiger partial charge is 0.220 e. The van der Waals surface area contributed by atoms with Crippen LogP contribution in [0.1, 0.15) is 18.9 Å². The molecule has 0 aromatic heterocycles. The molecule has 0 spiro atoms. The van der Waals surface area contributed by atoms with Gasteiger partial charge in [0.25, 0.3) is 0 Å². The molecule has 2 amide bonds. The van der Waals surface area contributed by atoms with Gasteiger partial charge in [-0.2, -0.15) is 0 Å². The highest BCUT2D eigenvalue weighted by molar-refractivity contribution is 5.76. The standard InChI is InChI=1S/C18H26N2O4/c1-5-11-20(14(2)21)12-10-19-18(22)9-7-15-6-8-16(23-3)17(13-15)24-4/h5-6,8,13H,1,7,9-12H2,2-4H3,(H,19,22). The summed E-state index contributed by atoms with van der Waals surface area (Å²) in [5, 5.41) is 2.82. The van der Waals surface area contributed by atoms with E-state index in [9.17, 15) is 9.59 Å². The van der Waals surface area contributed by atoms with Gasteiger partial charge in [-0.1, -0.05) is 12.1 Å². The topological polar surface area (TPSA) is 67.9 Å². The highest BCUT2D eigenvalue weighted by Crippen LogP contribution is 2.27. The van der Waals surface area contributed by atoms with Crippen LogP contribution in [-0.4, -0.2) is 50.6 Å². The van der Waals surface area contributed by atoms with Crippen LogP contribution >= 0.6 is 0 Å². The van der Waals surface area contributed by atoms with Crippen molar-refractivity contribution in [1.82, 2.24) is 10.2 Å². The molecule has 1 aromatic carbocycles. The van der Waals surface area contributed by atoms with Gasteiger partial charge in [-0.3, -0.25) is 9.59 Å². The third kappa shape index (κ3) is 6.32. The molecule has 0 radical (unpaired) electrons. The van der Waals surface area contributed by atoms with Crippen LogP contribution in [0.2, 0.25) is 0 Å². The Balaban J connectivity index is 2.41. The molecule has 0 saturated heterocycles. The zero-order valence-electron chi connectivity index (χ0n) is 14.6. The third-order valence-corrected chi connectivity index (χ3v) is 3.59. The fourth-order valence-corrected chi connectivity index (χ4v) is 2.25. The lowest BCUT2D eigenvalue weighted by Gasteiger charge is -2.19. The second kappa shape index (κ2) is 10.3. The van der Waals surface area contributed by atoms with Crippen molar-refractivity contribution in [1.29, 1.82) is 0 Å². The normalized spacial score (nSPS) is 9.96. The molecule has 0 unspecified atom stereocenters. The largest absolute Gasteiger partial charge is 0.493 e. The Bertz CT molecular complexity index is 572. The monoisotopic (exact) mass is 334 g/mol. The first-order chi connectivity index (χ1) is 11.5. The number of hydrogen-bond donors (Lipinski definition) is 1. The van der Waals surface area contributed by atoms with Gasteiger partial charge in [0.2, 0.25) is 11.8 Å². The summed E-state index contributed by atoms with van der Waals surface area (Å²) in [5.74, 6) is 1.23. The first kappa shape index (κ1) is 19.5. The molecule has 132 valence electrons. The van der Waals surface area contributed by atoms with Crippen molar-refractivity contribution in [3.63, 3.8) is 0 Å². The number of amides is 2. The second-order valence-corrected chi connectivity index (χ2v) is 5.29. The summed E-state index contributed by atoms with van der Waals surface area (Å²) >= 11 is 0. The lowest BCUT2D eigenvalue weighted by molar-refractivity contribution is -0.129. The number of ether oxygens (including phenoxy) is 2. The van der Waals surface area contributed by atoms with E-state index >= 15 is 0 Å². The molecule has 6 heteroatoms. The highest BCUT2D eigenvalue weighted by atomic mass is 16.5. The van der Waals surface area contributed by atoms with Crippen LogP contribution in [0.25, 0.3) is 0 Å². The molecule has 0 aliphatic rings. The van der Waals surface area contributed by atoms with Gasteiger partial charge >= 0.3 is 0 Å². The number of aryl methyl sites for hydroxylation is 1. The number of rotatable bonds is 10. The number of nitrogens with zero attached hydrogens (tertiary/aromatic N) is 1. The molecule has 1 N–H and O–H groups in total. The summed E-state index contributed by atoms with van der Waals surface area (Å²) in [5.41, 5.74) is 1.000. The van der Waals surface area contributed by atoms with Crippen molar-refractivity contribution in [2.75, 3.05) is 33.9 Å². The highest BCUT2D eigenvalue weighted by Gasteiger charge is 2.09. The van der Waals surface area contributed by atoms with Crippen LogP contribution in [-0.2, 0) is 16.0 Å². The van der Waals surface area contributed by atoms with Gasteiger partial charge in [-0.25, -0.2) is 0 Å². The summed E-state index contributed by atoms with van der Waals surface area (Å²) in [6, 6.07) is 5.61. The maximum atomic E-state index is 11.9. The van der Waals surface area contributed by atoms with E-state index in [4.69, 9.17) is 9.47 Å². The molecule has 1 rings (SSSR count). The Hall–Kier alpha value is -2.50. The fraction of sp³-hybridized carbons (Fsp3) is 0.444. The molecule has 0 aliphatic heterocycles. The maximum Gasteiger partial charge on any atom is 0.220 e. The third-order valence-electron chi connectivity index (χ3n) is 3.59. The number of nitrogens with one attached hydrogen (secondary N) is 1. The van der Waals surface area contributed by atoms with Crippen LogP contribution < -0.4 is 14.8 Å². The van der Waals surface area contributed by atoms with E-state index in [0.29, 0.717) is 44.0 Å². The molecule has 0 aliphatic carbocycles. The number of carbonyl (C=O) groups is 2. The predicted molar refractivity (Wildman–Crippen MR) is 93.3 cm³/mol. The van der Waals surface area contributed by atoms with Crippen molar-refractivity contribution in [2.45, 2.75) is 19.8 Å². The molecule has 6 nitrogen and oxygen atoms in total. The van der Waals surface area contributed by atoms with Crippen LogP contribution in [0.3, 0.4) is 0 Å². The minimum atomic E-state index is -0.0492. The molecular formula is C18H26N2O4. The van der Waals surface area contributed by atoms with E-state index in [2.05, 4.69) is 11.9 Å². The summed E-state index contributed by atoms with van der Waals surface area (Å²) in [7, 11) is 3.17. The van der Waals surface area contributed by atoms with E-state index < -0.39 is 0 Å². The molecule has 0 atom stereocenters. The van der Waals surface area contributed by atoms with Crippen molar-refractivity contribution in [2.24, 2.45) is 0 Å². The maximum absolute atomic E-state index is 11.9. The predicted octanol–water partition coefficient (Wildman–Crippen LogP) is 1.79. The van der Waals surface area contributed by atoms with Gasteiger partial charge in [0.1, 0.15) is 0 Å². The van der Waals surface area contributed by atoms with Crippen molar-refractivity contribution in [3.8, 4) is 11.5 Å². The first-order valence-electron chi connectivity index (χ1n) is 7.85.